The van der Waals surface area contributed by atoms with E-state index in [2.05, 4.69) is 24.3 Å². The van der Waals surface area contributed by atoms with Gasteiger partial charge in [0.2, 0.25) is 0 Å². The smallest absolute Gasteiger partial charge is 0.334 e. The number of allylic oxidation sites excluding steroid dienone is 3. The van der Waals surface area contributed by atoms with E-state index >= 15 is 0 Å². The second kappa shape index (κ2) is 13.5. The summed E-state index contributed by atoms with van der Waals surface area (Å²) in [6.07, 6.45) is 15.9. The standard InChI is InChI=1S/C24H38O5/c1-4-6-10-17-24(28,5-2)18-11-12-19-15-16-21(25)20(19)13-8-7-9-14-22(26)23(27)29-3/h5,7-8,11-12,19-20,22,26,28H,2,4,6,9-10,13-18H2,1,3H3/t19-,20+,22?,24?/m0/s1. The summed E-state index contributed by atoms with van der Waals surface area (Å²) in [7, 11) is 1.25. The Morgan fingerprint density at radius 3 is 2.76 bits per heavy atom. The van der Waals surface area contributed by atoms with E-state index in [1.807, 2.05) is 18.2 Å². The van der Waals surface area contributed by atoms with Gasteiger partial charge in [-0.05, 0) is 44.4 Å². The summed E-state index contributed by atoms with van der Waals surface area (Å²) in [6, 6.07) is 0. The Labute approximate surface area is 175 Å². The molecule has 0 bridgehead atoms. The van der Waals surface area contributed by atoms with Crippen molar-refractivity contribution in [2.24, 2.45) is 11.8 Å². The maximum atomic E-state index is 12.2. The largest absolute Gasteiger partial charge is 0.467 e. The SMILES string of the molecule is C=CC(O)(CC=C[C@H]1CCC(=O)[C@@H]1CC=CCCC(O)C(=O)OC)CCCCC. The van der Waals surface area contributed by atoms with E-state index in [9.17, 15) is 19.8 Å². The third-order valence-electron chi connectivity index (χ3n) is 5.74. The van der Waals surface area contributed by atoms with Gasteiger partial charge in [-0.1, -0.05) is 56.6 Å². The molecule has 0 saturated heterocycles. The van der Waals surface area contributed by atoms with Crippen LogP contribution >= 0.6 is 0 Å². The first-order chi connectivity index (χ1) is 13.9. The lowest BCUT2D eigenvalue weighted by Gasteiger charge is -2.23. The van der Waals surface area contributed by atoms with Crippen LogP contribution in [0.25, 0.3) is 0 Å². The molecule has 5 nitrogen and oxygen atoms in total. The second-order valence-electron chi connectivity index (χ2n) is 8.00. The lowest BCUT2D eigenvalue weighted by atomic mass is 9.89. The van der Waals surface area contributed by atoms with Crippen LogP contribution in [0.2, 0.25) is 0 Å². The molecule has 0 heterocycles. The molecule has 0 aromatic rings. The molecule has 0 amide bonds. The number of hydrogen-bond acceptors (Lipinski definition) is 5. The average Bonchev–Trinajstić information content (AvgIpc) is 3.06. The molecule has 0 aromatic heterocycles. The maximum absolute atomic E-state index is 12.2. The lowest BCUT2D eigenvalue weighted by Crippen LogP contribution is -2.24. The molecule has 1 aliphatic rings. The van der Waals surface area contributed by atoms with Crippen LogP contribution in [-0.2, 0) is 14.3 Å². The van der Waals surface area contributed by atoms with Gasteiger partial charge in [0.15, 0.2) is 6.10 Å². The van der Waals surface area contributed by atoms with Crippen LogP contribution in [0.15, 0.2) is 37.0 Å². The third-order valence-corrected chi connectivity index (χ3v) is 5.74. The summed E-state index contributed by atoms with van der Waals surface area (Å²) in [4.78, 5) is 23.4. The van der Waals surface area contributed by atoms with Crippen molar-refractivity contribution < 1.29 is 24.5 Å². The molecule has 1 aliphatic carbocycles. The zero-order valence-corrected chi connectivity index (χ0v) is 18.0. The highest BCUT2D eigenvalue weighted by atomic mass is 16.5. The monoisotopic (exact) mass is 406 g/mol. The summed E-state index contributed by atoms with van der Waals surface area (Å²) in [6.45, 7) is 5.92. The first kappa shape index (κ1) is 25.3. The quantitative estimate of drug-likeness (QED) is 0.255. The Balaban J connectivity index is 2.49. The number of carbonyl (C=O) groups excluding carboxylic acids is 2. The molecule has 2 unspecified atom stereocenters. The number of ether oxygens (including phenoxy) is 1. The van der Waals surface area contributed by atoms with Gasteiger partial charge in [-0.3, -0.25) is 4.79 Å². The summed E-state index contributed by atoms with van der Waals surface area (Å²) in [5.41, 5.74) is -0.871. The Morgan fingerprint density at radius 2 is 2.10 bits per heavy atom. The summed E-state index contributed by atoms with van der Waals surface area (Å²) >= 11 is 0. The topological polar surface area (TPSA) is 83.8 Å². The molecular weight excluding hydrogens is 368 g/mol. The van der Waals surface area contributed by atoms with Gasteiger partial charge in [-0.15, -0.1) is 6.58 Å². The molecule has 2 N–H and O–H groups in total. The molecule has 0 radical (unpaired) electrons. The Morgan fingerprint density at radius 1 is 1.34 bits per heavy atom. The number of esters is 1. The number of hydrogen-bond donors (Lipinski definition) is 2. The minimum atomic E-state index is -1.10. The van der Waals surface area contributed by atoms with E-state index in [-0.39, 0.29) is 17.6 Å². The van der Waals surface area contributed by atoms with Crippen molar-refractivity contribution in [2.45, 2.75) is 82.8 Å². The van der Waals surface area contributed by atoms with Crippen LogP contribution in [0.3, 0.4) is 0 Å². The highest BCUT2D eigenvalue weighted by Crippen LogP contribution is 2.33. The van der Waals surface area contributed by atoms with Gasteiger partial charge >= 0.3 is 5.97 Å². The van der Waals surface area contributed by atoms with Crippen LogP contribution < -0.4 is 0 Å². The van der Waals surface area contributed by atoms with E-state index < -0.39 is 17.7 Å². The highest BCUT2D eigenvalue weighted by molar-refractivity contribution is 5.83. The first-order valence-electron chi connectivity index (χ1n) is 10.8. The Hall–Kier alpha value is -1.72. The number of aliphatic hydroxyl groups is 2. The van der Waals surface area contributed by atoms with Crippen LogP contribution in [0.5, 0.6) is 0 Å². The van der Waals surface area contributed by atoms with Gasteiger partial charge in [0, 0.05) is 12.3 Å². The van der Waals surface area contributed by atoms with Crippen molar-refractivity contribution in [3.63, 3.8) is 0 Å². The van der Waals surface area contributed by atoms with Crippen molar-refractivity contribution in [3.8, 4) is 0 Å². The molecule has 0 spiro atoms. The molecular formula is C24H38O5. The molecule has 0 aliphatic heterocycles. The van der Waals surface area contributed by atoms with E-state index in [1.165, 1.54) is 7.11 Å². The fourth-order valence-corrected chi connectivity index (χ4v) is 3.76. The van der Waals surface area contributed by atoms with Crippen molar-refractivity contribution >= 4 is 11.8 Å². The van der Waals surface area contributed by atoms with Crippen molar-refractivity contribution in [1.82, 2.24) is 0 Å². The zero-order chi connectivity index (χ0) is 21.7. The van der Waals surface area contributed by atoms with Gasteiger partial charge in [0.25, 0.3) is 0 Å². The summed E-state index contributed by atoms with van der Waals surface area (Å²) < 4.78 is 4.49. The van der Waals surface area contributed by atoms with Gasteiger partial charge in [-0.2, -0.15) is 0 Å². The van der Waals surface area contributed by atoms with Crippen LogP contribution in [0.1, 0.15) is 71.1 Å². The maximum Gasteiger partial charge on any atom is 0.334 e. The van der Waals surface area contributed by atoms with E-state index in [4.69, 9.17) is 0 Å². The van der Waals surface area contributed by atoms with Crippen molar-refractivity contribution in [1.29, 1.82) is 0 Å². The normalized spacial score (nSPS) is 22.8. The van der Waals surface area contributed by atoms with E-state index in [1.54, 1.807) is 6.08 Å². The third kappa shape index (κ3) is 9.09. The number of ketones is 1. The van der Waals surface area contributed by atoms with Crippen LogP contribution in [-0.4, -0.2) is 40.8 Å². The lowest BCUT2D eigenvalue weighted by molar-refractivity contribution is -0.150. The van der Waals surface area contributed by atoms with Gasteiger partial charge in [0.05, 0.1) is 12.7 Å². The Bertz CT molecular complexity index is 580. The van der Waals surface area contributed by atoms with E-state index in [0.29, 0.717) is 38.5 Å². The van der Waals surface area contributed by atoms with Gasteiger partial charge in [-0.25, -0.2) is 4.79 Å². The van der Waals surface area contributed by atoms with Gasteiger partial charge < -0.3 is 14.9 Å². The minimum absolute atomic E-state index is 0.0371. The molecule has 1 saturated carbocycles. The fourth-order valence-electron chi connectivity index (χ4n) is 3.76. The molecule has 1 fully saturated rings. The number of rotatable bonds is 14. The number of methoxy groups -OCH3 is 1. The molecule has 0 aromatic carbocycles. The second-order valence-corrected chi connectivity index (χ2v) is 8.00. The number of Topliss-reactive ketones (excluding diaryl/α,β-unsaturated/α-hetero) is 1. The average molecular weight is 407 g/mol. The molecule has 164 valence electrons. The highest BCUT2D eigenvalue weighted by Gasteiger charge is 2.32. The predicted octanol–water partition coefficient (Wildman–Crippen LogP) is 4.29. The molecule has 29 heavy (non-hydrogen) atoms. The molecule has 1 rings (SSSR count). The van der Waals surface area contributed by atoms with Crippen molar-refractivity contribution in [2.75, 3.05) is 7.11 Å². The summed E-state index contributed by atoms with van der Waals surface area (Å²) in [5.74, 6) is -0.188. The van der Waals surface area contributed by atoms with E-state index in [0.717, 1.165) is 25.7 Å². The minimum Gasteiger partial charge on any atom is -0.467 e. The number of carbonyl (C=O) groups is 2. The van der Waals surface area contributed by atoms with Gasteiger partial charge in [0.1, 0.15) is 5.78 Å². The summed E-state index contributed by atoms with van der Waals surface area (Å²) in [5, 5.41) is 20.2. The number of aliphatic hydroxyl groups excluding tert-OH is 1. The molecule has 4 atom stereocenters. The van der Waals surface area contributed by atoms with Crippen LogP contribution in [0.4, 0.5) is 0 Å². The zero-order valence-electron chi connectivity index (χ0n) is 18.0. The Kier molecular flexibility index (Phi) is 11.8. The number of unbranched alkanes of at least 4 members (excludes halogenated alkanes) is 2. The predicted molar refractivity (Wildman–Crippen MR) is 115 cm³/mol. The van der Waals surface area contributed by atoms with Crippen molar-refractivity contribution in [3.05, 3.63) is 37.0 Å². The molecule has 5 heteroatoms. The fraction of sp³-hybridized carbons (Fsp3) is 0.667. The first-order valence-corrected chi connectivity index (χ1v) is 10.8. The van der Waals surface area contributed by atoms with Crippen LogP contribution in [0, 0.1) is 11.8 Å².